The van der Waals surface area contributed by atoms with E-state index in [1.54, 1.807) is 41.3 Å². The van der Waals surface area contributed by atoms with Gasteiger partial charge in [-0.15, -0.1) is 0 Å². The molecule has 0 unspecified atom stereocenters. The first-order valence-electron chi connectivity index (χ1n) is 11.1. The molecule has 0 atom stereocenters. The summed E-state index contributed by atoms with van der Waals surface area (Å²) in [4.78, 5) is 26.7. The SMILES string of the molecule is CC(C)OCc1cccc(NC(=O)CCC(=O)N2CCN(S(=O)(=O)c3ccccc3)CC2)c1. The molecule has 1 saturated heterocycles. The van der Waals surface area contributed by atoms with Gasteiger partial charge in [0.25, 0.3) is 0 Å². The highest BCUT2D eigenvalue weighted by atomic mass is 32.2. The zero-order valence-corrected chi connectivity index (χ0v) is 19.9. The number of hydrogen-bond donors (Lipinski definition) is 1. The normalized spacial score (nSPS) is 14.9. The van der Waals surface area contributed by atoms with Crippen molar-refractivity contribution in [1.29, 1.82) is 0 Å². The summed E-state index contributed by atoms with van der Waals surface area (Å²) in [6.45, 7) is 5.48. The highest BCUT2D eigenvalue weighted by molar-refractivity contribution is 7.89. The summed E-state index contributed by atoms with van der Waals surface area (Å²) in [6.07, 6.45) is 0.260. The first-order valence-corrected chi connectivity index (χ1v) is 12.5. The van der Waals surface area contributed by atoms with Crippen LogP contribution in [0.2, 0.25) is 0 Å². The van der Waals surface area contributed by atoms with Crippen molar-refractivity contribution in [3.63, 3.8) is 0 Å². The molecule has 2 amide bonds. The predicted octanol–water partition coefficient (Wildman–Crippen LogP) is 2.86. The van der Waals surface area contributed by atoms with E-state index < -0.39 is 10.0 Å². The number of sulfonamides is 1. The third-order valence-electron chi connectivity index (χ3n) is 5.33. The fourth-order valence-corrected chi connectivity index (χ4v) is 4.97. The maximum atomic E-state index is 12.7. The van der Waals surface area contributed by atoms with Crippen LogP contribution in [0.4, 0.5) is 5.69 Å². The van der Waals surface area contributed by atoms with E-state index in [2.05, 4.69) is 5.32 Å². The first-order chi connectivity index (χ1) is 15.8. The molecule has 1 heterocycles. The fourth-order valence-electron chi connectivity index (χ4n) is 3.52. The molecule has 8 nitrogen and oxygen atoms in total. The van der Waals surface area contributed by atoms with Crippen molar-refractivity contribution in [3.8, 4) is 0 Å². The zero-order chi connectivity index (χ0) is 23.8. The molecule has 178 valence electrons. The number of carbonyl (C=O) groups is 2. The monoisotopic (exact) mass is 473 g/mol. The molecular formula is C24H31N3O5S. The van der Waals surface area contributed by atoms with Crippen LogP contribution in [0.25, 0.3) is 0 Å². The van der Waals surface area contributed by atoms with Crippen molar-refractivity contribution < 1.29 is 22.7 Å². The average molecular weight is 474 g/mol. The zero-order valence-electron chi connectivity index (χ0n) is 19.1. The topological polar surface area (TPSA) is 96.0 Å². The van der Waals surface area contributed by atoms with E-state index in [1.807, 2.05) is 32.0 Å². The van der Waals surface area contributed by atoms with E-state index in [4.69, 9.17) is 4.74 Å². The van der Waals surface area contributed by atoms with Gasteiger partial charge in [0.2, 0.25) is 21.8 Å². The standard InChI is InChI=1S/C24H31N3O5S/c1-19(2)32-18-20-7-6-8-21(17-20)25-23(28)11-12-24(29)26-13-15-27(16-14-26)33(30,31)22-9-4-3-5-10-22/h3-10,17,19H,11-16,18H2,1-2H3,(H,25,28). The molecular weight excluding hydrogens is 442 g/mol. The van der Waals surface area contributed by atoms with Gasteiger partial charge in [0.1, 0.15) is 0 Å². The van der Waals surface area contributed by atoms with Crippen LogP contribution in [-0.2, 0) is 31.0 Å². The van der Waals surface area contributed by atoms with E-state index in [-0.39, 0.29) is 48.7 Å². The molecule has 1 fully saturated rings. The van der Waals surface area contributed by atoms with E-state index in [9.17, 15) is 18.0 Å². The summed E-state index contributed by atoms with van der Waals surface area (Å²) in [5.74, 6) is -0.392. The van der Waals surface area contributed by atoms with Crippen molar-refractivity contribution in [2.45, 2.75) is 44.3 Å². The summed E-state index contributed by atoms with van der Waals surface area (Å²) in [5.41, 5.74) is 1.62. The van der Waals surface area contributed by atoms with Crippen molar-refractivity contribution >= 4 is 27.5 Å². The Morgan fingerprint density at radius 1 is 0.970 bits per heavy atom. The maximum absolute atomic E-state index is 12.7. The van der Waals surface area contributed by atoms with Crippen LogP contribution in [0.15, 0.2) is 59.5 Å². The van der Waals surface area contributed by atoms with Crippen molar-refractivity contribution in [3.05, 3.63) is 60.2 Å². The molecule has 2 aromatic carbocycles. The number of nitrogens with zero attached hydrogens (tertiary/aromatic N) is 2. The van der Waals surface area contributed by atoms with Crippen LogP contribution in [0.5, 0.6) is 0 Å². The van der Waals surface area contributed by atoms with Gasteiger partial charge in [0.05, 0.1) is 17.6 Å². The summed E-state index contributed by atoms with van der Waals surface area (Å²) in [7, 11) is -3.56. The lowest BCUT2D eigenvalue weighted by Gasteiger charge is -2.34. The fraction of sp³-hybridized carbons (Fsp3) is 0.417. The number of hydrogen-bond acceptors (Lipinski definition) is 5. The lowest BCUT2D eigenvalue weighted by atomic mass is 10.2. The number of nitrogens with one attached hydrogen (secondary N) is 1. The van der Waals surface area contributed by atoms with Crippen molar-refractivity contribution in [2.75, 3.05) is 31.5 Å². The van der Waals surface area contributed by atoms with Crippen LogP contribution in [0, 0.1) is 0 Å². The lowest BCUT2D eigenvalue weighted by molar-refractivity contribution is -0.133. The molecule has 2 aromatic rings. The molecule has 3 rings (SSSR count). The Bertz CT molecular complexity index is 1050. The Morgan fingerprint density at radius 3 is 2.33 bits per heavy atom. The smallest absolute Gasteiger partial charge is 0.243 e. The second-order valence-corrected chi connectivity index (χ2v) is 10.1. The molecule has 1 N–H and O–H groups in total. The van der Waals surface area contributed by atoms with Crippen molar-refractivity contribution in [2.24, 2.45) is 0 Å². The Morgan fingerprint density at radius 2 is 1.67 bits per heavy atom. The summed E-state index contributed by atoms with van der Waals surface area (Å²) in [6, 6.07) is 15.7. The minimum Gasteiger partial charge on any atom is -0.374 e. The van der Waals surface area contributed by atoms with Crippen molar-refractivity contribution in [1.82, 2.24) is 9.21 Å². The number of benzene rings is 2. The average Bonchev–Trinajstić information content (AvgIpc) is 2.82. The van der Waals surface area contributed by atoms with Gasteiger partial charge in [-0.3, -0.25) is 9.59 Å². The van der Waals surface area contributed by atoms with Gasteiger partial charge in [-0.2, -0.15) is 4.31 Å². The van der Waals surface area contributed by atoms with Crippen LogP contribution >= 0.6 is 0 Å². The largest absolute Gasteiger partial charge is 0.374 e. The van der Waals surface area contributed by atoms with Crippen LogP contribution in [-0.4, -0.2) is 61.7 Å². The Kier molecular flexibility index (Phi) is 8.60. The molecule has 9 heteroatoms. The van der Waals surface area contributed by atoms with Gasteiger partial charge in [-0.1, -0.05) is 30.3 Å². The predicted molar refractivity (Wildman–Crippen MR) is 126 cm³/mol. The quantitative estimate of drug-likeness (QED) is 0.604. The summed E-state index contributed by atoms with van der Waals surface area (Å²) < 4.78 is 32.4. The van der Waals surface area contributed by atoms with E-state index in [1.165, 1.54) is 4.31 Å². The van der Waals surface area contributed by atoms with Gasteiger partial charge in [-0.05, 0) is 43.7 Å². The van der Waals surface area contributed by atoms with Crippen LogP contribution in [0.3, 0.4) is 0 Å². The Hall–Kier alpha value is -2.75. The third-order valence-corrected chi connectivity index (χ3v) is 7.25. The van der Waals surface area contributed by atoms with Gasteiger partial charge >= 0.3 is 0 Å². The van der Waals surface area contributed by atoms with E-state index in [0.717, 1.165) is 5.56 Å². The second-order valence-electron chi connectivity index (χ2n) is 8.21. The first kappa shape index (κ1) is 24.9. The Balaban J connectivity index is 1.44. The number of amides is 2. The van der Waals surface area contributed by atoms with E-state index >= 15 is 0 Å². The highest BCUT2D eigenvalue weighted by Crippen LogP contribution is 2.18. The molecule has 1 aliphatic heterocycles. The third kappa shape index (κ3) is 7.12. The van der Waals surface area contributed by atoms with Gasteiger partial charge < -0.3 is 15.0 Å². The molecule has 0 aromatic heterocycles. The second kappa shape index (κ2) is 11.4. The summed E-state index contributed by atoms with van der Waals surface area (Å²) in [5, 5.41) is 2.82. The lowest BCUT2D eigenvalue weighted by Crippen LogP contribution is -2.50. The number of anilines is 1. The van der Waals surface area contributed by atoms with E-state index in [0.29, 0.717) is 25.4 Å². The number of piperazine rings is 1. The van der Waals surface area contributed by atoms with Gasteiger partial charge in [0, 0.05) is 44.7 Å². The summed E-state index contributed by atoms with van der Waals surface area (Å²) >= 11 is 0. The van der Waals surface area contributed by atoms with Gasteiger partial charge in [-0.25, -0.2) is 8.42 Å². The maximum Gasteiger partial charge on any atom is 0.243 e. The van der Waals surface area contributed by atoms with Gasteiger partial charge in [0.15, 0.2) is 0 Å². The van der Waals surface area contributed by atoms with Crippen LogP contribution in [0.1, 0.15) is 32.3 Å². The highest BCUT2D eigenvalue weighted by Gasteiger charge is 2.29. The molecule has 0 spiro atoms. The molecule has 33 heavy (non-hydrogen) atoms. The molecule has 0 saturated carbocycles. The minimum absolute atomic E-state index is 0.0636. The molecule has 1 aliphatic rings. The Labute approximate surface area is 195 Å². The number of ether oxygens (including phenoxy) is 1. The number of rotatable bonds is 9. The molecule has 0 bridgehead atoms. The minimum atomic E-state index is -3.56. The van der Waals surface area contributed by atoms with Crippen LogP contribution < -0.4 is 5.32 Å². The molecule has 0 radical (unpaired) electrons. The molecule has 0 aliphatic carbocycles. The number of carbonyl (C=O) groups excluding carboxylic acids is 2.